The Bertz CT molecular complexity index is 1260. The molecule has 8 heteroatoms. The van der Waals surface area contributed by atoms with Gasteiger partial charge in [0.25, 0.3) is 5.91 Å². The second-order valence-corrected chi connectivity index (χ2v) is 12.3. The van der Waals surface area contributed by atoms with Crippen molar-refractivity contribution in [2.24, 2.45) is 17.8 Å². The Kier molecular flexibility index (Phi) is 6.90. The lowest BCUT2D eigenvalue weighted by Crippen LogP contribution is -2.58. The van der Waals surface area contributed by atoms with Crippen molar-refractivity contribution in [3.63, 3.8) is 0 Å². The molecule has 3 aliphatic rings. The number of fused-ring (bicyclic) bond motifs is 1. The smallest absolute Gasteiger partial charge is 0.308 e. The molecule has 1 spiro atoms. The average molecular weight is 535 g/mol. The van der Waals surface area contributed by atoms with Crippen LogP contribution in [0.15, 0.2) is 61.2 Å². The summed E-state index contributed by atoms with van der Waals surface area (Å²) >= 11 is 1.50. The third kappa shape index (κ3) is 3.72. The number of thioether (sulfide) groups is 1. The lowest BCUT2D eigenvalue weighted by atomic mass is 9.66. The Hall–Kier alpha value is -3.10. The Balaban J connectivity index is 1.71. The lowest BCUT2D eigenvalue weighted by Gasteiger charge is -2.42. The van der Waals surface area contributed by atoms with E-state index in [0.29, 0.717) is 12.0 Å². The van der Waals surface area contributed by atoms with E-state index in [1.165, 1.54) is 16.7 Å². The van der Waals surface area contributed by atoms with Crippen molar-refractivity contribution >= 4 is 35.2 Å². The molecule has 200 valence electrons. The largest absolute Gasteiger partial charge is 0.481 e. The van der Waals surface area contributed by atoms with E-state index in [1.807, 2.05) is 69.3 Å². The van der Waals surface area contributed by atoms with Crippen LogP contribution in [-0.2, 0) is 14.4 Å². The Labute approximate surface area is 227 Å². The van der Waals surface area contributed by atoms with E-state index < -0.39 is 34.6 Å². The molecular formula is C30H34N2O5S. The number of carboxylic acid groups (broad SMARTS) is 1. The van der Waals surface area contributed by atoms with Crippen molar-refractivity contribution in [2.75, 3.05) is 18.1 Å². The highest BCUT2D eigenvalue weighted by Crippen LogP contribution is 2.69. The van der Waals surface area contributed by atoms with E-state index in [-0.39, 0.29) is 36.1 Å². The summed E-state index contributed by atoms with van der Waals surface area (Å²) in [5.41, 5.74) is 3.32. The van der Waals surface area contributed by atoms with Gasteiger partial charge in [-0.05, 0) is 42.9 Å². The van der Waals surface area contributed by atoms with Crippen LogP contribution in [0.3, 0.4) is 0 Å². The van der Waals surface area contributed by atoms with Gasteiger partial charge in [-0.1, -0.05) is 61.5 Å². The molecule has 7 nitrogen and oxygen atoms in total. The van der Waals surface area contributed by atoms with Crippen molar-refractivity contribution in [2.45, 2.75) is 49.3 Å². The SMILES string of the molecule is C=CCN(C(=O)C1N([C@H](CO)c2ccccc2)C(=O)[C@@H]2[C@H](C(=O)O)[C@@H]3CC(C)C12S3)c1c(C)cccc1C. The van der Waals surface area contributed by atoms with Gasteiger partial charge in [-0.15, -0.1) is 18.3 Å². The summed E-state index contributed by atoms with van der Waals surface area (Å²) in [5, 5.41) is 20.6. The number of anilines is 1. The first-order chi connectivity index (χ1) is 18.2. The number of hydrogen-bond acceptors (Lipinski definition) is 5. The highest BCUT2D eigenvalue weighted by molar-refractivity contribution is 8.02. The molecule has 0 aromatic heterocycles. The number of carboxylic acids is 1. The minimum Gasteiger partial charge on any atom is -0.481 e. The zero-order valence-corrected chi connectivity index (χ0v) is 22.7. The fraction of sp³-hybridized carbons (Fsp3) is 0.433. The molecule has 3 fully saturated rings. The van der Waals surface area contributed by atoms with Gasteiger partial charge in [0.05, 0.1) is 29.2 Å². The average Bonchev–Trinajstić information content (AvgIpc) is 3.48. The molecule has 3 unspecified atom stereocenters. The molecule has 2 amide bonds. The lowest BCUT2D eigenvalue weighted by molar-refractivity contribution is -0.149. The standard InChI is InChI=1S/C30H34N2O5S/c1-5-14-31(25-17(2)10-9-11-18(25)3)28(35)26-30-19(4)15-22(38-30)23(29(36)37)24(30)27(34)32(26)21(16-33)20-12-7-6-8-13-20/h5-13,19,21-24,26,33H,1,14-16H2,2-4H3,(H,36,37)/t19?,21-,22+,23-,24+,26?,30?/m1/s1. The third-order valence-corrected chi connectivity index (χ3v) is 10.8. The normalized spacial score (nSPS) is 30.3. The summed E-state index contributed by atoms with van der Waals surface area (Å²) < 4.78 is -0.903. The van der Waals surface area contributed by atoms with Gasteiger partial charge in [0.15, 0.2) is 0 Å². The molecule has 2 N–H and O–H groups in total. The fourth-order valence-electron chi connectivity index (χ4n) is 7.19. The maximum Gasteiger partial charge on any atom is 0.308 e. The third-order valence-electron chi connectivity index (χ3n) is 8.68. The fourth-order valence-corrected chi connectivity index (χ4v) is 9.58. The minimum absolute atomic E-state index is 0.0559. The summed E-state index contributed by atoms with van der Waals surface area (Å²) in [6.45, 7) is 9.68. The quantitative estimate of drug-likeness (QED) is 0.498. The second kappa shape index (κ2) is 9.89. The number of carbonyl (C=O) groups excluding carboxylic acids is 2. The van der Waals surface area contributed by atoms with Crippen LogP contribution in [0.2, 0.25) is 0 Å². The topological polar surface area (TPSA) is 98.2 Å². The Morgan fingerprint density at radius 3 is 2.42 bits per heavy atom. The maximum atomic E-state index is 14.8. The molecule has 0 aliphatic carbocycles. The van der Waals surface area contributed by atoms with Crippen LogP contribution in [-0.4, -0.2) is 62.1 Å². The second-order valence-electron chi connectivity index (χ2n) is 10.7. The molecular weight excluding hydrogens is 500 g/mol. The van der Waals surface area contributed by atoms with Gasteiger partial charge in [0, 0.05) is 17.5 Å². The monoisotopic (exact) mass is 534 g/mol. The van der Waals surface area contributed by atoms with Crippen LogP contribution in [0.4, 0.5) is 5.69 Å². The number of benzene rings is 2. The van der Waals surface area contributed by atoms with Gasteiger partial charge in [0.1, 0.15) is 6.04 Å². The summed E-state index contributed by atoms with van der Waals surface area (Å²) in [6, 6.07) is 13.3. The van der Waals surface area contributed by atoms with Crippen molar-refractivity contribution in [3.8, 4) is 0 Å². The Morgan fingerprint density at radius 1 is 1.18 bits per heavy atom. The first-order valence-corrected chi connectivity index (χ1v) is 13.9. The van der Waals surface area contributed by atoms with Crippen LogP contribution >= 0.6 is 11.8 Å². The highest BCUT2D eigenvalue weighted by Gasteiger charge is 2.77. The molecule has 0 radical (unpaired) electrons. The molecule has 2 bridgehead atoms. The minimum atomic E-state index is -0.999. The maximum absolute atomic E-state index is 14.8. The van der Waals surface area contributed by atoms with Crippen LogP contribution in [0.5, 0.6) is 0 Å². The number of rotatable bonds is 8. The summed E-state index contributed by atoms with van der Waals surface area (Å²) in [6.07, 6.45) is 2.30. The van der Waals surface area contributed by atoms with Gasteiger partial charge in [-0.25, -0.2) is 0 Å². The van der Waals surface area contributed by atoms with E-state index in [4.69, 9.17) is 0 Å². The van der Waals surface area contributed by atoms with Crippen molar-refractivity contribution in [1.82, 2.24) is 4.90 Å². The predicted octanol–water partition coefficient (Wildman–Crippen LogP) is 3.98. The summed E-state index contributed by atoms with van der Waals surface area (Å²) in [7, 11) is 0. The number of aliphatic hydroxyl groups excluding tert-OH is 1. The summed E-state index contributed by atoms with van der Waals surface area (Å²) in [4.78, 5) is 44.8. The summed E-state index contributed by atoms with van der Waals surface area (Å²) in [5.74, 6) is -3.39. The molecule has 3 saturated heterocycles. The molecule has 3 heterocycles. The number of likely N-dealkylation sites (tertiary alicyclic amines) is 1. The first-order valence-electron chi connectivity index (χ1n) is 13.1. The highest BCUT2D eigenvalue weighted by atomic mass is 32.2. The van der Waals surface area contributed by atoms with E-state index in [1.54, 1.807) is 11.0 Å². The van der Waals surface area contributed by atoms with Gasteiger partial charge in [-0.3, -0.25) is 14.4 Å². The van der Waals surface area contributed by atoms with Crippen LogP contribution < -0.4 is 4.90 Å². The van der Waals surface area contributed by atoms with Crippen molar-refractivity contribution in [1.29, 1.82) is 0 Å². The molecule has 5 rings (SSSR count). The van der Waals surface area contributed by atoms with E-state index >= 15 is 0 Å². The van der Waals surface area contributed by atoms with E-state index in [9.17, 15) is 24.6 Å². The number of para-hydroxylation sites is 1. The molecule has 2 aromatic carbocycles. The van der Waals surface area contributed by atoms with Gasteiger partial charge in [0.2, 0.25) is 5.91 Å². The van der Waals surface area contributed by atoms with Gasteiger partial charge in [-0.2, -0.15) is 0 Å². The molecule has 2 aromatic rings. The van der Waals surface area contributed by atoms with Crippen molar-refractivity contribution < 1.29 is 24.6 Å². The van der Waals surface area contributed by atoms with E-state index in [0.717, 1.165) is 16.8 Å². The zero-order chi connectivity index (χ0) is 27.4. The molecule has 0 saturated carbocycles. The predicted molar refractivity (Wildman–Crippen MR) is 148 cm³/mol. The number of hydrogen-bond donors (Lipinski definition) is 2. The Morgan fingerprint density at radius 2 is 1.84 bits per heavy atom. The van der Waals surface area contributed by atoms with Crippen LogP contribution in [0, 0.1) is 31.6 Å². The van der Waals surface area contributed by atoms with E-state index in [2.05, 4.69) is 6.58 Å². The number of carbonyl (C=O) groups is 3. The first kappa shape index (κ1) is 26.5. The van der Waals surface area contributed by atoms with Gasteiger partial charge < -0.3 is 20.0 Å². The molecule has 38 heavy (non-hydrogen) atoms. The molecule has 3 aliphatic heterocycles. The zero-order valence-electron chi connectivity index (χ0n) is 21.9. The number of aryl methyl sites for hydroxylation is 2. The van der Waals surface area contributed by atoms with Crippen LogP contribution in [0.25, 0.3) is 0 Å². The van der Waals surface area contributed by atoms with Gasteiger partial charge >= 0.3 is 5.97 Å². The number of amides is 2. The number of nitrogens with zero attached hydrogens (tertiary/aromatic N) is 2. The number of aliphatic carboxylic acids is 1. The van der Waals surface area contributed by atoms with Crippen molar-refractivity contribution in [3.05, 3.63) is 77.9 Å². The number of aliphatic hydroxyl groups is 1. The molecule has 7 atom stereocenters. The van der Waals surface area contributed by atoms with Crippen LogP contribution in [0.1, 0.15) is 36.1 Å².